The highest BCUT2D eigenvalue weighted by Crippen LogP contribution is 2.16. The SMILES string of the molecule is CN(C(=O)c1ccn(C(=O)OCc2ccccc2Cl)n1)c1ccccc1. The molecular weight excluding hydrogens is 354 g/mol. The third-order valence-electron chi connectivity index (χ3n) is 3.75. The van der Waals surface area contributed by atoms with Gasteiger partial charge in [0.25, 0.3) is 5.91 Å². The van der Waals surface area contributed by atoms with Crippen LogP contribution in [-0.4, -0.2) is 28.8 Å². The minimum Gasteiger partial charge on any atom is -0.443 e. The lowest BCUT2D eigenvalue weighted by Crippen LogP contribution is -2.27. The van der Waals surface area contributed by atoms with Crippen molar-refractivity contribution >= 4 is 29.3 Å². The van der Waals surface area contributed by atoms with E-state index in [1.165, 1.54) is 17.2 Å². The van der Waals surface area contributed by atoms with Crippen molar-refractivity contribution in [2.45, 2.75) is 6.61 Å². The van der Waals surface area contributed by atoms with Crippen LogP contribution in [-0.2, 0) is 11.3 Å². The number of aromatic nitrogens is 2. The molecule has 1 aromatic heterocycles. The zero-order chi connectivity index (χ0) is 18.5. The third kappa shape index (κ3) is 3.92. The average Bonchev–Trinajstić information content (AvgIpc) is 3.17. The molecule has 0 atom stereocenters. The first-order chi connectivity index (χ1) is 12.6. The van der Waals surface area contributed by atoms with Crippen LogP contribution in [0.2, 0.25) is 5.02 Å². The molecule has 0 aliphatic heterocycles. The first-order valence-electron chi connectivity index (χ1n) is 7.85. The van der Waals surface area contributed by atoms with Gasteiger partial charge >= 0.3 is 6.09 Å². The average molecular weight is 370 g/mol. The van der Waals surface area contributed by atoms with Gasteiger partial charge in [0.05, 0.1) is 0 Å². The second-order valence-electron chi connectivity index (χ2n) is 5.49. The van der Waals surface area contributed by atoms with Crippen LogP contribution in [0.4, 0.5) is 10.5 Å². The van der Waals surface area contributed by atoms with E-state index in [4.69, 9.17) is 16.3 Å². The Kier molecular flexibility index (Phi) is 5.34. The first kappa shape index (κ1) is 17.7. The molecule has 132 valence electrons. The molecule has 0 saturated heterocycles. The fourth-order valence-corrected chi connectivity index (χ4v) is 2.49. The zero-order valence-electron chi connectivity index (χ0n) is 14.0. The summed E-state index contributed by atoms with van der Waals surface area (Å²) in [6.07, 6.45) is 0.701. The van der Waals surface area contributed by atoms with Crippen LogP contribution < -0.4 is 4.90 Å². The number of ether oxygens (including phenoxy) is 1. The smallest absolute Gasteiger partial charge is 0.435 e. The number of hydrogen-bond donors (Lipinski definition) is 0. The van der Waals surface area contributed by atoms with E-state index in [0.29, 0.717) is 10.6 Å². The fourth-order valence-electron chi connectivity index (χ4n) is 2.30. The van der Waals surface area contributed by atoms with Crippen molar-refractivity contribution in [3.63, 3.8) is 0 Å². The Labute approximate surface area is 155 Å². The second-order valence-corrected chi connectivity index (χ2v) is 5.90. The van der Waals surface area contributed by atoms with Crippen LogP contribution in [0.15, 0.2) is 66.9 Å². The fraction of sp³-hybridized carbons (Fsp3) is 0.105. The first-order valence-corrected chi connectivity index (χ1v) is 8.23. The summed E-state index contributed by atoms with van der Waals surface area (Å²) in [4.78, 5) is 26.1. The Bertz CT molecular complexity index is 925. The molecule has 0 aliphatic carbocycles. The van der Waals surface area contributed by atoms with Crippen molar-refractivity contribution in [2.75, 3.05) is 11.9 Å². The molecule has 2 aromatic carbocycles. The molecule has 0 spiro atoms. The summed E-state index contributed by atoms with van der Waals surface area (Å²) >= 11 is 6.03. The van der Waals surface area contributed by atoms with Crippen molar-refractivity contribution in [1.82, 2.24) is 9.78 Å². The van der Waals surface area contributed by atoms with Crippen molar-refractivity contribution in [1.29, 1.82) is 0 Å². The van der Waals surface area contributed by atoms with Crippen LogP contribution in [0.25, 0.3) is 0 Å². The van der Waals surface area contributed by atoms with E-state index >= 15 is 0 Å². The molecule has 7 heteroatoms. The maximum atomic E-state index is 12.5. The summed E-state index contributed by atoms with van der Waals surface area (Å²) in [7, 11) is 1.65. The summed E-state index contributed by atoms with van der Waals surface area (Å²) < 4.78 is 6.17. The molecule has 0 N–H and O–H groups in total. The lowest BCUT2D eigenvalue weighted by Gasteiger charge is -2.15. The molecule has 1 amide bonds. The molecule has 0 fully saturated rings. The number of anilines is 1. The van der Waals surface area contributed by atoms with Gasteiger partial charge in [0.1, 0.15) is 6.61 Å². The molecule has 0 saturated carbocycles. The lowest BCUT2D eigenvalue weighted by molar-refractivity contribution is 0.0987. The molecule has 0 bridgehead atoms. The van der Waals surface area contributed by atoms with Crippen LogP contribution >= 0.6 is 11.6 Å². The highest BCUT2D eigenvalue weighted by atomic mass is 35.5. The van der Waals surface area contributed by atoms with Gasteiger partial charge in [-0.15, -0.1) is 0 Å². The van der Waals surface area contributed by atoms with Gasteiger partial charge in [-0.05, 0) is 24.3 Å². The Balaban J connectivity index is 1.66. The van der Waals surface area contributed by atoms with E-state index in [2.05, 4.69) is 5.10 Å². The molecule has 0 unspecified atom stereocenters. The van der Waals surface area contributed by atoms with E-state index in [9.17, 15) is 9.59 Å². The number of benzene rings is 2. The summed E-state index contributed by atoms with van der Waals surface area (Å²) in [5.41, 5.74) is 1.56. The van der Waals surface area contributed by atoms with Crippen molar-refractivity contribution < 1.29 is 14.3 Å². The summed E-state index contributed by atoms with van der Waals surface area (Å²) in [5.74, 6) is -0.325. The summed E-state index contributed by atoms with van der Waals surface area (Å²) in [5, 5.41) is 4.52. The zero-order valence-corrected chi connectivity index (χ0v) is 14.8. The molecule has 1 heterocycles. The predicted molar refractivity (Wildman–Crippen MR) is 98.4 cm³/mol. The maximum absolute atomic E-state index is 12.5. The standard InChI is InChI=1S/C19H16ClN3O3/c1-22(15-8-3-2-4-9-15)18(24)17-11-12-23(21-17)19(25)26-13-14-7-5-6-10-16(14)20/h2-12H,13H2,1H3. The highest BCUT2D eigenvalue weighted by Gasteiger charge is 2.18. The van der Waals surface area contributed by atoms with Gasteiger partial charge in [-0.3, -0.25) is 4.79 Å². The number of carbonyl (C=O) groups excluding carboxylic acids is 2. The van der Waals surface area contributed by atoms with E-state index in [-0.39, 0.29) is 18.2 Å². The Morgan fingerprint density at radius 3 is 2.50 bits per heavy atom. The van der Waals surface area contributed by atoms with Gasteiger partial charge in [0.15, 0.2) is 5.69 Å². The molecule has 6 nitrogen and oxygen atoms in total. The lowest BCUT2D eigenvalue weighted by atomic mass is 10.2. The number of nitrogens with zero attached hydrogens (tertiary/aromatic N) is 3. The van der Waals surface area contributed by atoms with Gasteiger partial charge in [0.2, 0.25) is 0 Å². The number of hydrogen-bond acceptors (Lipinski definition) is 4. The Hall–Kier alpha value is -3.12. The van der Waals surface area contributed by atoms with Gasteiger partial charge in [-0.25, -0.2) is 4.79 Å². The van der Waals surface area contributed by atoms with Crippen LogP contribution in [0.1, 0.15) is 16.1 Å². The molecule has 0 radical (unpaired) electrons. The van der Waals surface area contributed by atoms with E-state index < -0.39 is 6.09 Å². The van der Waals surface area contributed by atoms with Gasteiger partial charge in [-0.2, -0.15) is 9.78 Å². The number of amides is 1. The number of rotatable bonds is 4. The Morgan fingerprint density at radius 1 is 1.08 bits per heavy atom. The molecule has 26 heavy (non-hydrogen) atoms. The monoisotopic (exact) mass is 369 g/mol. The summed E-state index contributed by atoms with van der Waals surface area (Å²) in [6, 6.07) is 17.7. The van der Waals surface area contributed by atoms with Crippen LogP contribution in [0, 0.1) is 0 Å². The van der Waals surface area contributed by atoms with Crippen molar-refractivity contribution in [2.24, 2.45) is 0 Å². The number of para-hydroxylation sites is 1. The van der Waals surface area contributed by atoms with E-state index in [1.54, 1.807) is 31.3 Å². The molecular formula is C19H16ClN3O3. The summed E-state index contributed by atoms with van der Waals surface area (Å²) in [6.45, 7) is 0.0194. The van der Waals surface area contributed by atoms with Crippen molar-refractivity contribution in [3.8, 4) is 0 Å². The molecule has 3 aromatic rings. The van der Waals surface area contributed by atoms with Gasteiger partial charge < -0.3 is 9.64 Å². The number of carbonyl (C=O) groups is 2. The topological polar surface area (TPSA) is 64.4 Å². The largest absolute Gasteiger partial charge is 0.443 e. The molecule has 3 rings (SSSR count). The van der Waals surface area contributed by atoms with Crippen LogP contribution in [0.5, 0.6) is 0 Å². The van der Waals surface area contributed by atoms with Crippen molar-refractivity contribution in [3.05, 3.63) is 83.1 Å². The Morgan fingerprint density at radius 2 is 1.77 bits per heavy atom. The second kappa shape index (κ2) is 7.84. The molecule has 0 aliphatic rings. The van der Waals surface area contributed by atoms with Gasteiger partial charge in [-0.1, -0.05) is 48.0 Å². The normalized spacial score (nSPS) is 10.4. The van der Waals surface area contributed by atoms with Crippen LogP contribution in [0.3, 0.4) is 0 Å². The van der Waals surface area contributed by atoms with E-state index in [1.807, 2.05) is 30.3 Å². The third-order valence-corrected chi connectivity index (χ3v) is 4.12. The van der Waals surface area contributed by atoms with E-state index in [0.717, 1.165) is 10.4 Å². The van der Waals surface area contributed by atoms with Gasteiger partial charge in [0, 0.05) is 29.5 Å². The minimum absolute atomic E-state index is 0.0194. The minimum atomic E-state index is -0.689. The number of halogens is 1. The maximum Gasteiger partial charge on any atom is 0.435 e. The highest BCUT2D eigenvalue weighted by molar-refractivity contribution is 6.31. The quantitative estimate of drug-likeness (QED) is 0.697. The predicted octanol–water partition coefficient (Wildman–Crippen LogP) is 4.00.